The average Bonchev–Trinajstić information content (AvgIpc) is 2.47. The lowest BCUT2D eigenvalue weighted by Crippen LogP contribution is -2.07. The molecule has 0 radical (unpaired) electrons. The Labute approximate surface area is 89.0 Å². The SMILES string of the molecule is CCc1csc(SCC(C)(C)C)n1. The minimum Gasteiger partial charge on any atom is -0.235 e. The van der Waals surface area contributed by atoms with E-state index < -0.39 is 0 Å². The van der Waals surface area contributed by atoms with Crippen LogP contribution in [0.2, 0.25) is 0 Å². The highest BCUT2D eigenvalue weighted by Crippen LogP contribution is 2.29. The first-order valence-electron chi connectivity index (χ1n) is 4.58. The van der Waals surface area contributed by atoms with Crippen LogP contribution in [0, 0.1) is 5.41 Å². The van der Waals surface area contributed by atoms with Crippen molar-refractivity contribution in [1.82, 2.24) is 4.98 Å². The highest BCUT2D eigenvalue weighted by atomic mass is 32.2. The molecule has 1 aromatic heterocycles. The summed E-state index contributed by atoms with van der Waals surface area (Å²) in [6.07, 6.45) is 1.05. The van der Waals surface area contributed by atoms with E-state index >= 15 is 0 Å². The van der Waals surface area contributed by atoms with Gasteiger partial charge in [0.1, 0.15) is 4.34 Å². The standard InChI is InChI=1S/C10H17NS2/c1-5-8-6-12-9(11-8)13-7-10(2,3)4/h6H,5,7H2,1-4H3. The Hall–Kier alpha value is -0.0200. The number of aromatic nitrogens is 1. The molecule has 74 valence electrons. The lowest BCUT2D eigenvalue weighted by atomic mass is 10.0. The second kappa shape index (κ2) is 4.47. The third kappa shape index (κ3) is 4.14. The molecule has 0 saturated carbocycles. The van der Waals surface area contributed by atoms with Gasteiger partial charge in [-0.1, -0.05) is 39.5 Å². The predicted molar refractivity (Wildman–Crippen MR) is 61.7 cm³/mol. The summed E-state index contributed by atoms with van der Waals surface area (Å²) in [6, 6.07) is 0. The average molecular weight is 215 g/mol. The Bertz CT molecular complexity index is 260. The molecular weight excluding hydrogens is 198 g/mol. The summed E-state index contributed by atoms with van der Waals surface area (Å²) in [4.78, 5) is 4.51. The van der Waals surface area contributed by atoms with Gasteiger partial charge in [-0.3, -0.25) is 0 Å². The number of hydrogen-bond donors (Lipinski definition) is 0. The fourth-order valence-electron chi connectivity index (χ4n) is 0.795. The normalized spacial score (nSPS) is 12.0. The zero-order valence-corrected chi connectivity index (χ0v) is 10.4. The molecule has 0 unspecified atom stereocenters. The van der Waals surface area contributed by atoms with Gasteiger partial charge in [0.2, 0.25) is 0 Å². The van der Waals surface area contributed by atoms with Crippen molar-refractivity contribution in [1.29, 1.82) is 0 Å². The number of rotatable bonds is 3. The summed E-state index contributed by atoms with van der Waals surface area (Å²) in [6.45, 7) is 8.92. The van der Waals surface area contributed by atoms with E-state index in [-0.39, 0.29) is 0 Å². The van der Waals surface area contributed by atoms with Crippen LogP contribution in [0.25, 0.3) is 0 Å². The zero-order valence-electron chi connectivity index (χ0n) is 8.76. The third-order valence-electron chi connectivity index (χ3n) is 1.52. The van der Waals surface area contributed by atoms with Crippen molar-refractivity contribution in [2.45, 2.75) is 38.5 Å². The molecule has 0 bridgehead atoms. The summed E-state index contributed by atoms with van der Waals surface area (Å²) < 4.78 is 1.21. The van der Waals surface area contributed by atoms with Gasteiger partial charge in [-0.25, -0.2) is 4.98 Å². The molecule has 0 aromatic carbocycles. The molecule has 0 N–H and O–H groups in total. The lowest BCUT2D eigenvalue weighted by molar-refractivity contribution is 0.480. The van der Waals surface area contributed by atoms with Crippen LogP contribution in [0.1, 0.15) is 33.4 Å². The molecule has 1 heterocycles. The Balaban J connectivity index is 2.46. The molecule has 0 aliphatic rings. The molecule has 0 saturated heterocycles. The minimum atomic E-state index is 0.392. The Morgan fingerprint density at radius 1 is 1.46 bits per heavy atom. The van der Waals surface area contributed by atoms with Crippen LogP contribution in [-0.2, 0) is 6.42 Å². The van der Waals surface area contributed by atoms with Crippen molar-refractivity contribution in [3.63, 3.8) is 0 Å². The maximum atomic E-state index is 4.51. The van der Waals surface area contributed by atoms with Gasteiger partial charge in [0.25, 0.3) is 0 Å². The zero-order chi connectivity index (χ0) is 9.90. The maximum Gasteiger partial charge on any atom is 0.150 e. The van der Waals surface area contributed by atoms with Crippen molar-refractivity contribution in [3.8, 4) is 0 Å². The van der Waals surface area contributed by atoms with Gasteiger partial charge in [0.15, 0.2) is 0 Å². The van der Waals surface area contributed by atoms with Crippen LogP contribution in [0.3, 0.4) is 0 Å². The fourth-order valence-corrected chi connectivity index (χ4v) is 2.75. The van der Waals surface area contributed by atoms with Crippen LogP contribution in [-0.4, -0.2) is 10.7 Å². The first-order valence-corrected chi connectivity index (χ1v) is 6.45. The molecule has 0 spiro atoms. The topological polar surface area (TPSA) is 12.9 Å². The first kappa shape index (κ1) is 11.1. The first-order chi connectivity index (χ1) is 6.01. The van der Waals surface area contributed by atoms with Crippen LogP contribution in [0.4, 0.5) is 0 Å². The third-order valence-corrected chi connectivity index (χ3v) is 4.20. The summed E-state index contributed by atoms with van der Waals surface area (Å²) in [5, 5.41) is 2.16. The van der Waals surface area contributed by atoms with Crippen molar-refractivity contribution >= 4 is 23.1 Å². The summed E-state index contributed by atoms with van der Waals surface area (Å²) in [5.41, 5.74) is 1.62. The van der Waals surface area contributed by atoms with Crippen molar-refractivity contribution in [2.75, 3.05) is 5.75 Å². The number of hydrogen-bond acceptors (Lipinski definition) is 3. The van der Waals surface area contributed by atoms with Crippen molar-refractivity contribution in [3.05, 3.63) is 11.1 Å². The van der Waals surface area contributed by atoms with Gasteiger partial charge in [-0.2, -0.15) is 0 Å². The molecule has 0 aliphatic carbocycles. The second-order valence-electron chi connectivity index (χ2n) is 4.31. The van der Waals surface area contributed by atoms with E-state index in [2.05, 4.69) is 38.1 Å². The van der Waals surface area contributed by atoms with Crippen LogP contribution in [0.5, 0.6) is 0 Å². The molecule has 0 amide bonds. The monoisotopic (exact) mass is 215 g/mol. The molecular formula is C10H17NS2. The van der Waals surface area contributed by atoms with Gasteiger partial charge in [-0.15, -0.1) is 11.3 Å². The largest absolute Gasteiger partial charge is 0.235 e. The predicted octanol–water partition coefficient (Wildman–Crippen LogP) is 3.84. The molecule has 13 heavy (non-hydrogen) atoms. The van der Waals surface area contributed by atoms with E-state index in [4.69, 9.17) is 0 Å². The van der Waals surface area contributed by atoms with E-state index in [1.807, 2.05) is 11.8 Å². The summed E-state index contributed by atoms with van der Waals surface area (Å²) >= 11 is 3.64. The molecule has 1 nitrogen and oxygen atoms in total. The minimum absolute atomic E-state index is 0.392. The maximum absolute atomic E-state index is 4.51. The number of aryl methyl sites for hydroxylation is 1. The summed E-state index contributed by atoms with van der Waals surface area (Å²) in [5.74, 6) is 1.14. The fraction of sp³-hybridized carbons (Fsp3) is 0.700. The molecule has 0 aliphatic heterocycles. The number of nitrogens with zero attached hydrogens (tertiary/aromatic N) is 1. The van der Waals surface area contributed by atoms with Crippen LogP contribution in [0.15, 0.2) is 9.72 Å². The number of thioether (sulfide) groups is 1. The summed E-state index contributed by atoms with van der Waals surface area (Å²) in [7, 11) is 0. The van der Waals surface area contributed by atoms with Gasteiger partial charge in [0.05, 0.1) is 5.69 Å². The van der Waals surface area contributed by atoms with E-state index in [1.165, 1.54) is 10.0 Å². The van der Waals surface area contributed by atoms with Crippen LogP contribution >= 0.6 is 23.1 Å². The Morgan fingerprint density at radius 3 is 2.62 bits per heavy atom. The van der Waals surface area contributed by atoms with Crippen molar-refractivity contribution < 1.29 is 0 Å². The molecule has 1 rings (SSSR count). The molecule has 3 heteroatoms. The van der Waals surface area contributed by atoms with Gasteiger partial charge < -0.3 is 0 Å². The molecule has 0 atom stereocenters. The Morgan fingerprint density at radius 2 is 2.15 bits per heavy atom. The van der Waals surface area contributed by atoms with Gasteiger partial charge in [-0.05, 0) is 11.8 Å². The van der Waals surface area contributed by atoms with E-state index in [0.717, 1.165) is 12.2 Å². The van der Waals surface area contributed by atoms with E-state index in [1.54, 1.807) is 11.3 Å². The van der Waals surface area contributed by atoms with Crippen molar-refractivity contribution in [2.24, 2.45) is 5.41 Å². The Kier molecular flexibility index (Phi) is 3.80. The smallest absolute Gasteiger partial charge is 0.150 e. The second-order valence-corrected chi connectivity index (χ2v) is 6.39. The van der Waals surface area contributed by atoms with Gasteiger partial charge in [0, 0.05) is 11.1 Å². The molecule has 0 fully saturated rings. The molecule has 1 aromatic rings. The highest BCUT2D eigenvalue weighted by Gasteiger charge is 2.11. The van der Waals surface area contributed by atoms with E-state index in [9.17, 15) is 0 Å². The lowest BCUT2D eigenvalue weighted by Gasteiger charge is -2.15. The van der Waals surface area contributed by atoms with Gasteiger partial charge >= 0.3 is 0 Å². The van der Waals surface area contributed by atoms with Crippen LogP contribution < -0.4 is 0 Å². The van der Waals surface area contributed by atoms with E-state index in [0.29, 0.717) is 5.41 Å². The highest BCUT2D eigenvalue weighted by molar-refractivity contribution is 8.01. The quantitative estimate of drug-likeness (QED) is 0.710. The number of thiazole rings is 1.